The van der Waals surface area contributed by atoms with Crippen LogP contribution in [0, 0.1) is 16.0 Å². The maximum atomic E-state index is 12.9. The van der Waals surface area contributed by atoms with Crippen LogP contribution in [0.3, 0.4) is 0 Å². The number of piperidine rings is 1. The van der Waals surface area contributed by atoms with Crippen molar-refractivity contribution in [3.8, 4) is 5.75 Å². The Morgan fingerprint density at radius 2 is 1.71 bits per heavy atom. The fourth-order valence-corrected chi connectivity index (χ4v) is 3.85. The number of nitrogens with one attached hydrogen (secondary N) is 2. The lowest BCUT2D eigenvalue weighted by atomic mass is 9.95. The van der Waals surface area contributed by atoms with Gasteiger partial charge in [0.25, 0.3) is 11.6 Å². The summed E-state index contributed by atoms with van der Waals surface area (Å²) < 4.78 is 43.8. The topological polar surface area (TPSA) is 114 Å². The largest absolute Gasteiger partial charge is 0.497 e. The number of anilines is 1. The number of nitrogens with zero attached hydrogens (tertiary/aromatic N) is 2. The minimum absolute atomic E-state index is 0.100. The summed E-state index contributed by atoms with van der Waals surface area (Å²) in [5.41, 5.74) is -1.14. The van der Waals surface area contributed by atoms with E-state index in [1.807, 2.05) is 0 Å². The first-order valence-electron chi connectivity index (χ1n) is 10.9. The van der Waals surface area contributed by atoms with Gasteiger partial charge in [-0.1, -0.05) is 0 Å². The van der Waals surface area contributed by atoms with Crippen molar-refractivity contribution in [1.82, 2.24) is 10.6 Å². The molecule has 1 aliphatic heterocycles. The van der Waals surface area contributed by atoms with Crippen LogP contribution in [0.1, 0.15) is 28.8 Å². The zero-order chi connectivity index (χ0) is 25.6. The molecule has 188 valence electrons. The summed E-state index contributed by atoms with van der Waals surface area (Å²) in [5, 5.41) is 16.8. The fraction of sp³-hybridized carbons (Fsp3) is 0.391. The predicted octanol–water partition coefficient (Wildman–Crippen LogP) is 3.38. The van der Waals surface area contributed by atoms with Crippen LogP contribution in [0.25, 0.3) is 0 Å². The average Bonchev–Trinajstić information content (AvgIpc) is 2.85. The third-order valence-electron chi connectivity index (χ3n) is 5.77. The van der Waals surface area contributed by atoms with Gasteiger partial charge in [0, 0.05) is 43.7 Å². The molecule has 0 bridgehead atoms. The number of carbonyl (C=O) groups excluding carboxylic acids is 2. The van der Waals surface area contributed by atoms with Crippen molar-refractivity contribution in [2.24, 2.45) is 5.92 Å². The highest BCUT2D eigenvalue weighted by Crippen LogP contribution is 2.37. The van der Waals surface area contributed by atoms with Crippen molar-refractivity contribution in [2.45, 2.75) is 19.0 Å². The number of alkyl halides is 3. The van der Waals surface area contributed by atoms with E-state index in [0.29, 0.717) is 43.3 Å². The van der Waals surface area contributed by atoms with Crippen molar-refractivity contribution in [1.29, 1.82) is 0 Å². The minimum atomic E-state index is -4.68. The molecular weight excluding hydrogens is 469 g/mol. The number of carbonyl (C=O) groups is 2. The second-order valence-corrected chi connectivity index (χ2v) is 8.00. The van der Waals surface area contributed by atoms with E-state index >= 15 is 0 Å². The molecule has 2 amide bonds. The number of halogens is 3. The van der Waals surface area contributed by atoms with E-state index in [0.717, 1.165) is 12.1 Å². The molecule has 0 aromatic heterocycles. The second kappa shape index (κ2) is 11.1. The van der Waals surface area contributed by atoms with Crippen molar-refractivity contribution >= 4 is 23.2 Å². The maximum absolute atomic E-state index is 12.9. The Morgan fingerprint density at radius 1 is 1.09 bits per heavy atom. The molecule has 0 aliphatic carbocycles. The molecule has 12 heteroatoms. The van der Waals surface area contributed by atoms with E-state index in [4.69, 9.17) is 4.74 Å². The number of hydrogen-bond acceptors (Lipinski definition) is 6. The van der Waals surface area contributed by atoms with Crippen LogP contribution in [0.15, 0.2) is 42.5 Å². The highest BCUT2D eigenvalue weighted by atomic mass is 19.4. The van der Waals surface area contributed by atoms with E-state index in [1.54, 1.807) is 29.2 Å². The van der Waals surface area contributed by atoms with Crippen molar-refractivity contribution in [3.05, 3.63) is 63.7 Å². The fourth-order valence-electron chi connectivity index (χ4n) is 3.85. The number of amides is 2. The molecule has 2 N–H and O–H groups in total. The van der Waals surface area contributed by atoms with Crippen molar-refractivity contribution < 1.29 is 32.4 Å². The van der Waals surface area contributed by atoms with Crippen LogP contribution in [-0.2, 0) is 11.0 Å². The highest BCUT2D eigenvalue weighted by molar-refractivity contribution is 5.94. The Labute approximate surface area is 199 Å². The third kappa shape index (κ3) is 6.61. The summed E-state index contributed by atoms with van der Waals surface area (Å²) in [5.74, 6) is -0.191. The van der Waals surface area contributed by atoms with Gasteiger partial charge in [-0.25, -0.2) is 0 Å². The molecule has 1 aliphatic rings. The third-order valence-corrected chi connectivity index (χ3v) is 5.77. The monoisotopic (exact) mass is 494 g/mol. The molecule has 1 saturated heterocycles. The normalized spacial score (nSPS) is 14.3. The smallest absolute Gasteiger partial charge is 0.416 e. The molecule has 0 atom stereocenters. The van der Waals surface area contributed by atoms with Gasteiger partial charge in [-0.05, 0) is 49.2 Å². The van der Waals surface area contributed by atoms with Gasteiger partial charge < -0.3 is 20.3 Å². The summed E-state index contributed by atoms with van der Waals surface area (Å²) in [7, 11) is 1.53. The first-order valence-corrected chi connectivity index (χ1v) is 10.9. The molecule has 0 radical (unpaired) electrons. The molecular formula is C23H25F3N4O5. The van der Waals surface area contributed by atoms with Gasteiger partial charge in [-0.2, -0.15) is 13.2 Å². The van der Waals surface area contributed by atoms with Gasteiger partial charge in [0.2, 0.25) is 5.91 Å². The Bertz CT molecular complexity index is 1070. The summed E-state index contributed by atoms with van der Waals surface area (Å²) in [6.45, 7) is 1.04. The number of ether oxygens (including phenoxy) is 1. The van der Waals surface area contributed by atoms with E-state index in [-0.39, 0.29) is 36.5 Å². The summed E-state index contributed by atoms with van der Waals surface area (Å²) in [6, 6.07) is 9.05. The number of benzene rings is 2. The zero-order valence-corrected chi connectivity index (χ0v) is 18.9. The molecule has 1 heterocycles. The number of hydrogen-bond donors (Lipinski definition) is 2. The van der Waals surface area contributed by atoms with Crippen LogP contribution in [0.5, 0.6) is 5.75 Å². The van der Waals surface area contributed by atoms with Gasteiger partial charge in [-0.3, -0.25) is 19.7 Å². The van der Waals surface area contributed by atoms with E-state index in [1.165, 1.54) is 7.11 Å². The lowest BCUT2D eigenvalue weighted by Crippen LogP contribution is -2.42. The molecule has 0 spiro atoms. The molecule has 9 nitrogen and oxygen atoms in total. The van der Waals surface area contributed by atoms with Crippen molar-refractivity contribution in [3.63, 3.8) is 0 Å². The average molecular weight is 494 g/mol. The number of rotatable bonds is 8. The minimum Gasteiger partial charge on any atom is -0.497 e. The molecule has 0 saturated carbocycles. The SMILES string of the molecule is COc1ccc(C(=O)NCCNC(=O)C2CCN(c3ccc(C(F)(F)F)cc3[N+](=O)[O-])CC2)cc1. The molecule has 1 fully saturated rings. The maximum Gasteiger partial charge on any atom is 0.416 e. The summed E-state index contributed by atoms with van der Waals surface area (Å²) >= 11 is 0. The van der Waals surface area contributed by atoms with Gasteiger partial charge in [0.15, 0.2) is 0 Å². The number of nitro benzene ring substituents is 1. The standard InChI is InChI=1S/C23H25F3N4O5/c1-35-18-5-2-15(3-6-18)21(31)27-10-11-28-22(32)16-8-12-29(13-9-16)19-7-4-17(23(24,25)26)14-20(19)30(33)34/h2-7,14,16H,8-13H2,1H3,(H,27,31)(H,28,32). The molecule has 3 rings (SSSR count). The van der Waals surface area contributed by atoms with Crippen LogP contribution in [-0.4, -0.2) is 50.0 Å². The van der Waals surface area contributed by atoms with Crippen LogP contribution in [0.4, 0.5) is 24.5 Å². The summed E-state index contributed by atoms with van der Waals surface area (Å²) in [4.78, 5) is 36.7. The van der Waals surface area contributed by atoms with Crippen LogP contribution in [0.2, 0.25) is 0 Å². The zero-order valence-electron chi connectivity index (χ0n) is 18.9. The lowest BCUT2D eigenvalue weighted by molar-refractivity contribution is -0.384. The van der Waals surface area contributed by atoms with Gasteiger partial charge in [0.05, 0.1) is 17.6 Å². The Balaban J connectivity index is 1.47. The molecule has 0 unspecified atom stereocenters. The molecule has 2 aromatic carbocycles. The molecule has 2 aromatic rings. The summed E-state index contributed by atoms with van der Waals surface area (Å²) in [6.07, 6.45) is -3.90. The second-order valence-electron chi connectivity index (χ2n) is 8.00. The van der Waals surface area contributed by atoms with Gasteiger partial charge >= 0.3 is 6.18 Å². The first kappa shape index (κ1) is 25.8. The van der Waals surface area contributed by atoms with Crippen LogP contribution >= 0.6 is 0 Å². The van der Waals surface area contributed by atoms with E-state index in [9.17, 15) is 32.9 Å². The van der Waals surface area contributed by atoms with Crippen LogP contribution < -0.4 is 20.3 Å². The lowest BCUT2D eigenvalue weighted by Gasteiger charge is -2.32. The predicted molar refractivity (Wildman–Crippen MR) is 121 cm³/mol. The van der Waals surface area contributed by atoms with Crippen molar-refractivity contribution in [2.75, 3.05) is 38.2 Å². The number of nitro groups is 1. The highest BCUT2D eigenvalue weighted by Gasteiger charge is 2.34. The quantitative estimate of drug-likeness (QED) is 0.330. The van der Waals surface area contributed by atoms with E-state index < -0.39 is 22.4 Å². The van der Waals surface area contributed by atoms with Gasteiger partial charge in [0.1, 0.15) is 11.4 Å². The first-order chi connectivity index (χ1) is 16.6. The number of methoxy groups -OCH3 is 1. The Kier molecular flexibility index (Phi) is 8.15. The Hall–Kier alpha value is -3.83. The molecule has 35 heavy (non-hydrogen) atoms. The van der Waals surface area contributed by atoms with E-state index in [2.05, 4.69) is 10.6 Å². The Morgan fingerprint density at radius 3 is 2.29 bits per heavy atom. The van der Waals surface area contributed by atoms with Gasteiger partial charge in [-0.15, -0.1) is 0 Å².